The summed E-state index contributed by atoms with van der Waals surface area (Å²) in [5, 5.41) is 0. The molecule has 0 radical (unpaired) electrons. The zero-order valence-electron chi connectivity index (χ0n) is 15.8. The van der Waals surface area contributed by atoms with E-state index in [-0.39, 0.29) is 18.2 Å². The summed E-state index contributed by atoms with van der Waals surface area (Å²) in [6.45, 7) is 8.41. The van der Waals surface area contributed by atoms with Crippen molar-refractivity contribution in [3.63, 3.8) is 0 Å². The summed E-state index contributed by atoms with van der Waals surface area (Å²) >= 11 is 0. The van der Waals surface area contributed by atoms with Gasteiger partial charge in [-0.25, -0.2) is 0 Å². The lowest BCUT2D eigenvalue weighted by atomic mass is 10.1. The van der Waals surface area contributed by atoms with Crippen LogP contribution in [0.2, 0.25) is 0 Å². The summed E-state index contributed by atoms with van der Waals surface area (Å²) in [4.78, 5) is 25.8. The molecule has 2 amide bonds. The van der Waals surface area contributed by atoms with Crippen molar-refractivity contribution in [2.45, 2.75) is 46.0 Å². The van der Waals surface area contributed by atoms with Crippen molar-refractivity contribution in [1.82, 2.24) is 4.90 Å². The third-order valence-corrected chi connectivity index (χ3v) is 6.04. The molecule has 0 N–H and O–H groups in total. The highest BCUT2D eigenvalue weighted by Gasteiger charge is 2.23. The van der Waals surface area contributed by atoms with E-state index in [0.717, 1.165) is 19.3 Å². The number of nitrogens with zero attached hydrogens (tertiary/aromatic N) is 1. The van der Waals surface area contributed by atoms with Crippen molar-refractivity contribution in [3.05, 3.63) is 36.5 Å². The second-order valence-electron chi connectivity index (χ2n) is 5.95. The van der Waals surface area contributed by atoms with Crippen molar-refractivity contribution in [2.24, 2.45) is 0 Å². The van der Waals surface area contributed by atoms with Gasteiger partial charge < -0.3 is 9.05 Å². The fourth-order valence-corrected chi connectivity index (χ4v) is 4.33. The molecule has 0 unspecified atom stereocenters. The highest BCUT2D eigenvalue weighted by Crippen LogP contribution is 2.48. The van der Waals surface area contributed by atoms with Crippen LogP contribution in [0.5, 0.6) is 0 Å². The predicted molar refractivity (Wildman–Crippen MR) is 103 cm³/mol. The van der Waals surface area contributed by atoms with Crippen LogP contribution in [-0.4, -0.2) is 42.6 Å². The fourth-order valence-electron chi connectivity index (χ4n) is 2.60. The Labute approximate surface area is 156 Å². The molecule has 1 aliphatic heterocycles. The molecule has 0 aromatic rings. The lowest BCUT2D eigenvalue weighted by Gasteiger charge is -2.20. The topological polar surface area (TPSA) is 72.9 Å². The molecule has 1 heterocycles. The maximum Gasteiger partial charge on any atom is 0.330 e. The van der Waals surface area contributed by atoms with Crippen LogP contribution in [0.1, 0.15) is 46.0 Å². The summed E-state index contributed by atoms with van der Waals surface area (Å²) in [5.41, 5.74) is 0.305. The van der Waals surface area contributed by atoms with Gasteiger partial charge in [-0.15, -0.1) is 0 Å². The van der Waals surface area contributed by atoms with E-state index in [1.807, 2.05) is 0 Å². The Morgan fingerprint density at radius 2 is 1.73 bits per heavy atom. The Bertz CT molecular complexity index is 587. The highest BCUT2D eigenvalue weighted by molar-refractivity contribution is 7.53. The number of allylic oxidation sites excluding steroid dienone is 2. The quantitative estimate of drug-likeness (QED) is 0.231. The molecular formula is C19H30NO5P. The summed E-state index contributed by atoms with van der Waals surface area (Å²) in [6, 6.07) is 0. The van der Waals surface area contributed by atoms with Gasteiger partial charge in [0.05, 0.1) is 19.4 Å². The molecule has 0 atom stereocenters. The first kappa shape index (κ1) is 22.6. The van der Waals surface area contributed by atoms with Crippen molar-refractivity contribution < 1.29 is 23.2 Å². The monoisotopic (exact) mass is 383 g/mol. The van der Waals surface area contributed by atoms with E-state index in [0.29, 0.717) is 37.9 Å². The van der Waals surface area contributed by atoms with Gasteiger partial charge in [0, 0.05) is 18.5 Å². The number of hydrogen-bond acceptors (Lipinski definition) is 5. The minimum atomic E-state index is -2.98. The number of unbranched alkanes of at least 4 members (excludes halogenated alkanes) is 3. The minimum absolute atomic E-state index is 0.204. The molecule has 146 valence electrons. The Balaban J connectivity index is 2.41. The second kappa shape index (κ2) is 12.0. The van der Waals surface area contributed by atoms with Gasteiger partial charge in [0.2, 0.25) is 5.91 Å². The van der Waals surface area contributed by atoms with Crippen LogP contribution in [0.3, 0.4) is 0 Å². The third kappa shape index (κ3) is 7.81. The van der Waals surface area contributed by atoms with Gasteiger partial charge in [-0.1, -0.05) is 43.7 Å². The first-order chi connectivity index (χ1) is 12.4. The number of hydrogen-bond donors (Lipinski definition) is 0. The van der Waals surface area contributed by atoms with E-state index in [2.05, 4.69) is 6.58 Å². The lowest BCUT2D eigenvalue weighted by Crippen LogP contribution is -2.37. The molecule has 1 rings (SSSR count). The van der Waals surface area contributed by atoms with Crippen LogP contribution in [-0.2, 0) is 23.2 Å². The third-order valence-electron chi connectivity index (χ3n) is 3.87. The average Bonchev–Trinajstić information content (AvgIpc) is 2.64. The maximum atomic E-state index is 12.4. The molecule has 0 aromatic carbocycles. The SMILES string of the molecule is C=C1/C=C\C=C/CC(=O)N(CCCCCCP(=O)(OCC)OCC)C1=O. The van der Waals surface area contributed by atoms with E-state index < -0.39 is 7.60 Å². The molecule has 0 aliphatic carbocycles. The molecular weight excluding hydrogens is 353 g/mol. The summed E-state index contributed by atoms with van der Waals surface area (Å²) in [7, 11) is -2.98. The van der Waals surface area contributed by atoms with Crippen LogP contribution < -0.4 is 0 Å². The van der Waals surface area contributed by atoms with Crippen molar-refractivity contribution in [1.29, 1.82) is 0 Å². The molecule has 26 heavy (non-hydrogen) atoms. The second-order valence-corrected chi connectivity index (χ2v) is 8.14. The van der Waals surface area contributed by atoms with Gasteiger partial charge in [-0.2, -0.15) is 0 Å². The number of carbonyl (C=O) groups excluding carboxylic acids is 2. The molecule has 7 heteroatoms. The molecule has 6 nitrogen and oxygen atoms in total. The molecule has 0 saturated heterocycles. The Hall–Kier alpha value is -1.49. The van der Waals surface area contributed by atoms with Crippen molar-refractivity contribution in [3.8, 4) is 0 Å². The van der Waals surface area contributed by atoms with Crippen LogP contribution >= 0.6 is 7.60 Å². The van der Waals surface area contributed by atoms with Gasteiger partial charge in [0.15, 0.2) is 0 Å². The predicted octanol–water partition coefficient (Wildman–Crippen LogP) is 4.24. The van der Waals surface area contributed by atoms with Crippen molar-refractivity contribution >= 4 is 19.4 Å². The highest BCUT2D eigenvalue weighted by atomic mass is 31.2. The van der Waals surface area contributed by atoms with E-state index in [1.54, 1.807) is 38.2 Å². The van der Waals surface area contributed by atoms with Gasteiger partial charge in [0.1, 0.15) is 0 Å². The Morgan fingerprint density at radius 3 is 2.38 bits per heavy atom. The van der Waals surface area contributed by atoms with Crippen LogP contribution in [0.4, 0.5) is 0 Å². The normalized spacial score (nSPS) is 18.4. The van der Waals surface area contributed by atoms with Crippen LogP contribution in [0, 0.1) is 0 Å². The smallest absolute Gasteiger partial charge is 0.309 e. The summed E-state index contributed by atoms with van der Waals surface area (Å²) in [5.74, 6) is -0.555. The number of amides is 2. The van der Waals surface area contributed by atoms with E-state index in [4.69, 9.17) is 9.05 Å². The van der Waals surface area contributed by atoms with E-state index in [1.165, 1.54) is 4.90 Å². The summed E-state index contributed by atoms with van der Waals surface area (Å²) in [6.07, 6.45) is 10.5. The van der Waals surface area contributed by atoms with E-state index in [9.17, 15) is 14.2 Å². The number of carbonyl (C=O) groups is 2. The minimum Gasteiger partial charge on any atom is -0.309 e. The van der Waals surface area contributed by atoms with E-state index >= 15 is 0 Å². The molecule has 1 aliphatic rings. The Morgan fingerprint density at radius 1 is 1.08 bits per heavy atom. The first-order valence-electron chi connectivity index (χ1n) is 9.18. The molecule has 0 aromatic heterocycles. The Kier molecular flexibility index (Phi) is 10.4. The summed E-state index contributed by atoms with van der Waals surface area (Å²) < 4.78 is 22.9. The molecule has 0 spiro atoms. The number of rotatable bonds is 11. The maximum absolute atomic E-state index is 12.4. The molecule has 0 saturated carbocycles. The average molecular weight is 383 g/mol. The van der Waals surface area contributed by atoms with Gasteiger partial charge in [-0.3, -0.25) is 19.1 Å². The van der Waals surface area contributed by atoms with Crippen LogP contribution in [0.15, 0.2) is 36.5 Å². The number of imide groups is 1. The van der Waals surface area contributed by atoms with Crippen LogP contribution in [0.25, 0.3) is 0 Å². The zero-order valence-corrected chi connectivity index (χ0v) is 16.7. The standard InChI is InChI=1S/C19H30NO5P/c1-4-24-26(23,25-5-2)16-12-7-6-11-15-20-18(21)14-10-8-9-13-17(3)19(20)22/h8-10,13H,3-7,11-12,14-16H2,1-2H3/b10-8-,13-9-. The lowest BCUT2D eigenvalue weighted by molar-refractivity contribution is -0.141. The fraction of sp³-hybridized carbons (Fsp3) is 0.579. The van der Waals surface area contributed by atoms with Gasteiger partial charge in [0.25, 0.3) is 5.91 Å². The van der Waals surface area contributed by atoms with Gasteiger partial charge >= 0.3 is 7.60 Å². The van der Waals surface area contributed by atoms with Gasteiger partial charge in [-0.05, 0) is 26.7 Å². The largest absolute Gasteiger partial charge is 0.330 e. The zero-order chi connectivity index (χ0) is 19.4. The van der Waals surface area contributed by atoms with Crippen molar-refractivity contribution in [2.75, 3.05) is 25.9 Å². The molecule has 0 fully saturated rings. The first-order valence-corrected chi connectivity index (χ1v) is 10.9. The molecule has 0 bridgehead atoms.